The molecule has 0 amide bonds. The Morgan fingerprint density at radius 3 is 2.47 bits per heavy atom. The summed E-state index contributed by atoms with van der Waals surface area (Å²) in [5.41, 5.74) is 1.99. The quantitative estimate of drug-likeness (QED) is 0.763. The standard InChI is InChI=1S/C16H23NO2/c1-3-16(18)14-4-6-15(7-5-14)17(2)12-13-8-10-19-11-9-13/h4-7,13H,3,8-12H2,1-2H3. The molecular weight excluding hydrogens is 238 g/mol. The van der Waals surface area contributed by atoms with Gasteiger partial charge in [-0.15, -0.1) is 0 Å². The Balaban J connectivity index is 1.94. The largest absolute Gasteiger partial charge is 0.381 e. The molecule has 2 rings (SSSR count). The molecule has 104 valence electrons. The summed E-state index contributed by atoms with van der Waals surface area (Å²) >= 11 is 0. The van der Waals surface area contributed by atoms with E-state index in [-0.39, 0.29) is 5.78 Å². The molecule has 0 atom stereocenters. The van der Waals surface area contributed by atoms with Gasteiger partial charge in [-0.1, -0.05) is 6.92 Å². The molecule has 1 saturated heterocycles. The van der Waals surface area contributed by atoms with Crippen LogP contribution in [0.5, 0.6) is 0 Å². The lowest BCUT2D eigenvalue weighted by molar-refractivity contribution is 0.0685. The molecule has 0 aromatic heterocycles. The molecule has 1 fully saturated rings. The average molecular weight is 261 g/mol. The lowest BCUT2D eigenvalue weighted by atomic mass is 9.99. The average Bonchev–Trinajstić information content (AvgIpc) is 2.47. The molecule has 0 unspecified atom stereocenters. The van der Waals surface area contributed by atoms with Crippen LogP contribution in [-0.2, 0) is 4.74 Å². The third-order valence-electron chi connectivity index (χ3n) is 3.82. The van der Waals surface area contributed by atoms with Crippen LogP contribution in [0.25, 0.3) is 0 Å². The van der Waals surface area contributed by atoms with Gasteiger partial charge in [-0.2, -0.15) is 0 Å². The number of ketones is 1. The summed E-state index contributed by atoms with van der Waals surface area (Å²) in [6, 6.07) is 7.95. The number of nitrogens with zero attached hydrogens (tertiary/aromatic N) is 1. The van der Waals surface area contributed by atoms with Crippen molar-refractivity contribution in [3.63, 3.8) is 0 Å². The second-order valence-electron chi connectivity index (χ2n) is 5.26. The SMILES string of the molecule is CCC(=O)c1ccc(N(C)CC2CCOCC2)cc1. The minimum atomic E-state index is 0.207. The molecule has 3 heteroatoms. The highest BCUT2D eigenvalue weighted by Crippen LogP contribution is 2.20. The van der Waals surface area contributed by atoms with Crippen molar-refractivity contribution in [3.05, 3.63) is 29.8 Å². The summed E-state index contributed by atoms with van der Waals surface area (Å²) in [7, 11) is 2.12. The van der Waals surface area contributed by atoms with Gasteiger partial charge in [0.2, 0.25) is 0 Å². The molecule has 0 radical (unpaired) electrons. The summed E-state index contributed by atoms with van der Waals surface area (Å²) in [6.45, 7) is 4.74. The van der Waals surface area contributed by atoms with Crippen molar-refractivity contribution < 1.29 is 9.53 Å². The Morgan fingerprint density at radius 2 is 1.89 bits per heavy atom. The van der Waals surface area contributed by atoms with Crippen LogP contribution >= 0.6 is 0 Å². The second-order valence-corrected chi connectivity index (χ2v) is 5.26. The van der Waals surface area contributed by atoms with Gasteiger partial charge in [0.15, 0.2) is 5.78 Å². The molecule has 1 heterocycles. The highest BCUT2D eigenvalue weighted by atomic mass is 16.5. The van der Waals surface area contributed by atoms with E-state index in [1.165, 1.54) is 5.69 Å². The number of Topliss-reactive ketones (excluding diaryl/α,β-unsaturated/α-hetero) is 1. The molecule has 0 N–H and O–H groups in total. The normalized spacial score (nSPS) is 16.3. The van der Waals surface area contributed by atoms with E-state index in [0.717, 1.165) is 44.1 Å². The molecule has 1 aliphatic heterocycles. The number of hydrogen-bond donors (Lipinski definition) is 0. The number of carbonyl (C=O) groups is 1. The Kier molecular flexibility index (Phi) is 4.97. The zero-order valence-electron chi connectivity index (χ0n) is 11.9. The molecule has 0 spiro atoms. The first-order valence-electron chi connectivity index (χ1n) is 7.13. The zero-order chi connectivity index (χ0) is 13.7. The number of carbonyl (C=O) groups excluding carboxylic acids is 1. The highest BCUT2D eigenvalue weighted by Gasteiger charge is 2.16. The van der Waals surface area contributed by atoms with E-state index < -0.39 is 0 Å². The van der Waals surface area contributed by atoms with Gasteiger partial charge in [0.05, 0.1) is 0 Å². The van der Waals surface area contributed by atoms with Gasteiger partial charge in [0.1, 0.15) is 0 Å². The third kappa shape index (κ3) is 3.80. The summed E-state index contributed by atoms with van der Waals surface area (Å²) in [6.07, 6.45) is 2.87. The van der Waals surface area contributed by atoms with E-state index in [1.54, 1.807) is 0 Å². The minimum Gasteiger partial charge on any atom is -0.381 e. The summed E-state index contributed by atoms with van der Waals surface area (Å²) < 4.78 is 5.39. The molecule has 19 heavy (non-hydrogen) atoms. The summed E-state index contributed by atoms with van der Waals surface area (Å²) in [4.78, 5) is 13.9. The van der Waals surface area contributed by atoms with E-state index in [0.29, 0.717) is 6.42 Å². The topological polar surface area (TPSA) is 29.5 Å². The Morgan fingerprint density at radius 1 is 1.26 bits per heavy atom. The van der Waals surface area contributed by atoms with Gasteiger partial charge in [0, 0.05) is 44.5 Å². The van der Waals surface area contributed by atoms with Crippen LogP contribution in [0.15, 0.2) is 24.3 Å². The fourth-order valence-corrected chi connectivity index (χ4v) is 2.53. The molecule has 0 saturated carbocycles. The van der Waals surface area contributed by atoms with Gasteiger partial charge in [-0.3, -0.25) is 4.79 Å². The first-order valence-corrected chi connectivity index (χ1v) is 7.13. The van der Waals surface area contributed by atoms with Gasteiger partial charge in [0.25, 0.3) is 0 Å². The number of hydrogen-bond acceptors (Lipinski definition) is 3. The van der Waals surface area contributed by atoms with Crippen LogP contribution in [0.3, 0.4) is 0 Å². The van der Waals surface area contributed by atoms with Crippen LogP contribution in [0.2, 0.25) is 0 Å². The van der Waals surface area contributed by atoms with Gasteiger partial charge < -0.3 is 9.64 Å². The maximum atomic E-state index is 11.6. The van der Waals surface area contributed by atoms with E-state index >= 15 is 0 Å². The van der Waals surface area contributed by atoms with Crippen molar-refractivity contribution in [1.82, 2.24) is 0 Å². The van der Waals surface area contributed by atoms with Crippen molar-refractivity contribution >= 4 is 11.5 Å². The summed E-state index contributed by atoms with van der Waals surface area (Å²) in [5, 5.41) is 0. The lowest BCUT2D eigenvalue weighted by Crippen LogP contribution is -2.29. The molecule has 1 aromatic rings. The van der Waals surface area contributed by atoms with Crippen LogP contribution in [0.1, 0.15) is 36.5 Å². The fourth-order valence-electron chi connectivity index (χ4n) is 2.53. The van der Waals surface area contributed by atoms with Crippen molar-refractivity contribution in [2.45, 2.75) is 26.2 Å². The van der Waals surface area contributed by atoms with E-state index in [2.05, 4.69) is 11.9 Å². The number of anilines is 1. The predicted octanol–water partition coefficient (Wildman–Crippen LogP) is 3.14. The highest BCUT2D eigenvalue weighted by molar-refractivity contribution is 5.96. The number of rotatable bonds is 5. The molecule has 1 aromatic carbocycles. The first-order chi connectivity index (χ1) is 9.20. The number of ether oxygens (including phenoxy) is 1. The minimum absolute atomic E-state index is 0.207. The van der Waals surface area contributed by atoms with Gasteiger partial charge >= 0.3 is 0 Å². The zero-order valence-corrected chi connectivity index (χ0v) is 11.9. The first kappa shape index (κ1) is 14.1. The van der Waals surface area contributed by atoms with Gasteiger partial charge in [-0.25, -0.2) is 0 Å². The van der Waals surface area contributed by atoms with Crippen molar-refractivity contribution in [3.8, 4) is 0 Å². The smallest absolute Gasteiger partial charge is 0.162 e. The maximum Gasteiger partial charge on any atom is 0.162 e. The fraction of sp³-hybridized carbons (Fsp3) is 0.562. The van der Waals surface area contributed by atoms with E-state index in [9.17, 15) is 4.79 Å². The predicted molar refractivity (Wildman–Crippen MR) is 77.9 cm³/mol. The third-order valence-corrected chi connectivity index (χ3v) is 3.82. The Bertz CT molecular complexity index is 407. The van der Waals surface area contributed by atoms with Crippen LogP contribution in [0.4, 0.5) is 5.69 Å². The lowest BCUT2D eigenvalue weighted by Gasteiger charge is -2.28. The van der Waals surface area contributed by atoms with Crippen molar-refractivity contribution in [1.29, 1.82) is 0 Å². The van der Waals surface area contributed by atoms with Crippen molar-refractivity contribution in [2.75, 3.05) is 31.7 Å². The van der Waals surface area contributed by atoms with Crippen LogP contribution in [-0.4, -0.2) is 32.6 Å². The molecule has 3 nitrogen and oxygen atoms in total. The number of benzene rings is 1. The van der Waals surface area contributed by atoms with Crippen LogP contribution < -0.4 is 4.90 Å². The second kappa shape index (κ2) is 6.71. The van der Waals surface area contributed by atoms with Crippen molar-refractivity contribution in [2.24, 2.45) is 5.92 Å². The molecule has 0 bridgehead atoms. The molecule has 1 aliphatic rings. The monoisotopic (exact) mass is 261 g/mol. The molecule has 0 aliphatic carbocycles. The van der Waals surface area contributed by atoms with E-state index in [1.807, 2.05) is 31.2 Å². The summed E-state index contributed by atoms with van der Waals surface area (Å²) in [5.74, 6) is 0.925. The van der Waals surface area contributed by atoms with E-state index in [4.69, 9.17) is 4.74 Å². The Labute approximate surface area is 115 Å². The van der Waals surface area contributed by atoms with Gasteiger partial charge in [-0.05, 0) is 43.0 Å². The van der Waals surface area contributed by atoms with Crippen LogP contribution in [0, 0.1) is 5.92 Å². The molecular formula is C16H23NO2. The Hall–Kier alpha value is -1.35. The maximum absolute atomic E-state index is 11.6.